The molecule has 6 nitrogen and oxygen atoms in total. The van der Waals surface area contributed by atoms with E-state index < -0.39 is 0 Å². The summed E-state index contributed by atoms with van der Waals surface area (Å²) in [5, 5.41) is 5.49. The third-order valence-electron chi connectivity index (χ3n) is 5.47. The molecule has 1 aromatic heterocycles. The maximum atomic E-state index is 12.6. The van der Waals surface area contributed by atoms with E-state index in [1.165, 1.54) is 11.3 Å². The lowest BCUT2D eigenvalue weighted by Gasteiger charge is -2.31. The van der Waals surface area contributed by atoms with Crippen LogP contribution in [-0.2, 0) is 9.59 Å². The number of carbonyl (C=O) groups excluding carboxylic acids is 2. The molecule has 2 fully saturated rings. The summed E-state index contributed by atoms with van der Waals surface area (Å²) in [4.78, 5) is 31.3. The molecular formula is C21H25N3O3S. The van der Waals surface area contributed by atoms with Gasteiger partial charge < -0.3 is 15.0 Å². The fourth-order valence-corrected chi connectivity index (χ4v) is 4.35. The lowest BCUT2D eigenvalue weighted by molar-refractivity contribution is -0.135. The maximum absolute atomic E-state index is 12.6. The number of nitrogens with one attached hydrogen (secondary N) is 1. The average Bonchev–Trinajstić information content (AvgIpc) is 3.46. The first-order valence-corrected chi connectivity index (χ1v) is 10.6. The Kier molecular flexibility index (Phi) is 5.35. The summed E-state index contributed by atoms with van der Waals surface area (Å²) in [6.07, 6.45) is 3.48. The molecule has 28 heavy (non-hydrogen) atoms. The number of hydrogen-bond donors (Lipinski definition) is 1. The second kappa shape index (κ2) is 7.91. The number of thiazole rings is 1. The highest BCUT2D eigenvalue weighted by atomic mass is 32.1. The van der Waals surface area contributed by atoms with Crippen molar-refractivity contribution in [3.8, 4) is 17.0 Å². The standard InChI is InChI=1S/C21H25N3O3S/c1-13-3-6-18(27-2)16(11-13)17-12-28-21(22-17)23-19(25)14-7-9-24(10-8-14)20(26)15-4-5-15/h3,6,11-12,14-15H,4-5,7-10H2,1-2H3,(H,22,23,25). The summed E-state index contributed by atoms with van der Waals surface area (Å²) in [6.45, 7) is 3.38. The molecule has 0 spiro atoms. The molecule has 1 saturated carbocycles. The molecule has 2 amide bonds. The van der Waals surface area contributed by atoms with Gasteiger partial charge in [-0.1, -0.05) is 11.6 Å². The first-order chi connectivity index (χ1) is 13.5. The smallest absolute Gasteiger partial charge is 0.229 e. The minimum Gasteiger partial charge on any atom is -0.496 e. The second-order valence-electron chi connectivity index (χ2n) is 7.60. The molecule has 7 heteroatoms. The van der Waals surface area contributed by atoms with Crippen molar-refractivity contribution in [3.05, 3.63) is 29.1 Å². The van der Waals surface area contributed by atoms with Gasteiger partial charge in [0.1, 0.15) is 5.75 Å². The Labute approximate surface area is 168 Å². The van der Waals surface area contributed by atoms with Crippen LogP contribution in [0.3, 0.4) is 0 Å². The Bertz CT molecular complexity index is 883. The Morgan fingerprint density at radius 2 is 1.93 bits per heavy atom. The molecule has 1 aliphatic heterocycles. The van der Waals surface area contributed by atoms with E-state index in [9.17, 15) is 9.59 Å². The largest absolute Gasteiger partial charge is 0.496 e. The molecule has 4 rings (SSSR count). The van der Waals surface area contributed by atoms with Gasteiger partial charge in [0.15, 0.2) is 5.13 Å². The number of hydrogen-bond acceptors (Lipinski definition) is 5. The van der Waals surface area contributed by atoms with Gasteiger partial charge in [0.2, 0.25) is 11.8 Å². The van der Waals surface area contributed by atoms with E-state index in [1.54, 1.807) is 7.11 Å². The Balaban J connectivity index is 1.37. The summed E-state index contributed by atoms with van der Waals surface area (Å²) in [6, 6.07) is 5.96. The zero-order valence-corrected chi connectivity index (χ0v) is 17.1. The number of aryl methyl sites for hydroxylation is 1. The van der Waals surface area contributed by atoms with Crippen molar-refractivity contribution in [2.75, 3.05) is 25.5 Å². The van der Waals surface area contributed by atoms with E-state index in [1.807, 2.05) is 35.4 Å². The van der Waals surface area contributed by atoms with Crippen LogP contribution in [0.1, 0.15) is 31.2 Å². The van der Waals surface area contributed by atoms with Crippen LogP contribution in [0, 0.1) is 18.8 Å². The number of amides is 2. The SMILES string of the molecule is COc1ccc(C)cc1-c1csc(NC(=O)C2CCN(C(=O)C3CC3)CC2)n1. The number of carbonyl (C=O) groups is 2. The predicted molar refractivity (Wildman–Crippen MR) is 109 cm³/mol. The van der Waals surface area contributed by atoms with E-state index in [0.29, 0.717) is 31.1 Å². The van der Waals surface area contributed by atoms with Crippen LogP contribution in [0.15, 0.2) is 23.6 Å². The number of benzene rings is 1. The Morgan fingerprint density at radius 1 is 1.18 bits per heavy atom. The minimum absolute atomic E-state index is 0.00405. The van der Waals surface area contributed by atoms with Gasteiger partial charge >= 0.3 is 0 Å². The monoisotopic (exact) mass is 399 g/mol. The third-order valence-corrected chi connectivity index (χ3v) is 6.23. The Hall–Kier alpha value is -2.41. The van der Waals surface area contributed by atoms with Crippen LogP contribution in [-0.4, -0.2) is 41.9 Å². The van der Waals surface area contributed by atoms with Crippen molar-refractivity contribution in [1.29, 1.82) is 0 Å². The van der Waals surface area contributed by atoms with Gasteiger partial charge in [-0.15, -0.1) is 11.3 Å². The van der Waals surface area contributed by atoms with Crippen molar-refractivity contribution in [2.24, 2.45) is 11.8 Å². The first-order valence-electron chi connectivity index (χ1n) is 9.75. The van der Waals surface area contributed by atoms with Crippen LogP contribution >= 0.6 is 11.3 Å². The number of nitrogens with zero attached hydrogens (tertiary/aromatic N) is 2. The number of aromatic nitrogens is 1. The van der Waals surface area contributed by atoms with Gasteiger partial charge in [-0.3, -0.25) is 9.59 Å². The van der Waals surface area contributed by atoms with E-state index in [0.717, 1.165) is 35.4 Å². The number of ether oxygens (including phenoxy) is 1. The first kappa shape index (κ1) is 18.9. The molecule has 0 radical (unpaired) electrons. The van der Waals surface area contributed by atoms with Crippen molar-refractivity contribution >= 4 is 28.3 Å². The van der Waals surface area contributed by atoms with Crippen molar-refractivity contribution < 1.29 is 14.3 Å². The number of anilines is 1. The summed E-state index contributed by atoms with van der Waals surface area (Å²) >= 11 is 1.42. The fourth-order valence-electron chi connectivity index (χ4n) is 3.63. The van der Waals surface area contributed by atoms with E-state index in [4.69, 9.17) is 4.74 Å². The van der Waals surface area contributed by atoms with E-state index in [-0.39, 0.29) is 23.7 Å². The van der Waals surface area contributed by atoms with Gasteiger partial charge in [-0.2, -0.15) is 0 Å². The van der Waals surface area contributed by atoms with Crippen LogP contribution in [0.4, 0.5) is 5.13 Å². The lowest BCUT2D eigenvalue weighted by Crippen LogP contribution is -2.42. The number of likely N-dealkylation sites (tertiary alicyclic amines) is 1. The van der Waals surface area contributed by atoms with Gasteiger partial charge in [-0.25, -0.2) is 4.98 Å². The minimum atomic E-state index is -0.0656. The van der Waals surface area contributed by atoms with E-state index in [2.05, 4.69) is 10.3 Å². The summed E-state index contributed by atoms with van der Waals surface area (Å²) in [5.74, 6) is 1.22. The Morgan fingerprint density at radius 3 is 2.61 bits per heavy atom. The zero-order valence-electron chi connectivity index (χ0n) is 16.2. The number of rotatable bonds is 5. The molecular weight excluding hydrogens is 374 g/mol. The highest BCUT2D eigenvalue weighted by molar-refractivity contribution is 7.14. The van der Waals surface area contributed by atoms with Crippen LogP contribution in [0.2, 0.25) is 0 Å². The third kappa shape index (κ3) is 4.04. The average molecular weight is 400 g/mol. The normalized spacial score (nSPS) is 17.4. The summed E-state index contributed by atoms with van der Waals surface area (Å²) in [5.41, 5.74) is 2.85. The number of methoxy groups -OCH3 is 1. The van der Waals surface area contributed by atoms with Crippen LogP contribution in [0.25, 0.3) is 11.3 Å². The fraction of sp³-hybridized carbons (Fsp3) is 0.476. The highest BCUT2D eigenvalue weighted by Crippen LogP contribution is 2.34. The summed E-state index contributed by atoms with van der Waals surface area (Å²) < 4.78 is 5.44. The molecule has 2 heterocycles. The number of piperidine rings is 1. The van der Waals surface area contributed by atoms with Gasteiger partial charge in [0.05, 0.1) is 12.8 Å². The van der Waals surface area contributed by atoms with Crippen molar-refractivity contribution in [2.45, 2.75) is 32.6 Å². The van der Waals surface area contributed by atoms with Crippen LogP contribution in [0.5, 0.6) is 5.75 Å². The molecule has 1 aliphatic carbocycles. The van der Waals surface area contributed by atoms with Gasteiger partial charge in [0.25, 0.3) is 0 Å². The van der Waals surface area contributed by atoms with Crippen molar-refractivity contribution in [1.82, 2.24) is 9.88 Å². The van der Waals surface area contributed by atoms with Crippen LogP contribution < -0.4 is 10.1 Å². The van der Waals surface area contributed by atoms with Gasteiger partial charge in [0, 0.05) is 35.9 Å². The lowest BCUT2D eigenvalue weighted by atomic mass is 9.95. The molecule has 1 aromatic carbocycles. The molecule has 2 aliphatic rings. The maximum Gasteiger partial charge on any atom is 0.229 e. The topological polar surface area (TPSA) is 71.5 Å². The quantitative estimate of drug-likeness (QED) is 0.832. The van der Waals surface area contributed by atoms with Gasteiger partial charge in [-0.05, 0) is 44.7 Å². The molecule has 1 N–H and O–H groups in total. The van der Waals surface area contributed by atoms with Crippen molar-refractivity contribution in [3.63, 3.8) is 0 Å². The molecule has 0 unspecified atom stereocenters. The molecule has 1 saturated heterocycles. The predicted octanol–water partition coefficient (Wildman–Crippen LogP) is 3.71. The summed E-state index contributed by atoms with van der Waals surface area (Å²) in [7, 11) is 1.64. The molecule has 0 bridgehead atoms. The molecule has 0 atom stereocenters. The van der Waals surface area contributed by atoms with E-state index >= 15 is 0 Å². The zero-order chi connectivity index (χ0) is 19.7. The highest BCUT2D eigenvalue weighted by Gasteiger charge is 2.36. The second-order valence-corrected chi connectivity index (χ2v) is 8.46. The molecule has 2 aromatic rings. The molecule has 148 valence electrons.